The highest BCUT2D eigenvalue weighted by atomic mass is 32.1. The topological polar surface area (TPSA) is 70.2 Å². The summed E-state index contributed by atoms with van der Waals surface area (Å²) < 4.78 is 0. The highest BCUT2D eigenvalue weighted by Crippen LogP contribution is 1.90. The maximum Gasteiger partial charge on any atom is 0.243 e. The second-order valence-corrected chi connectivity index (χ2v) is 3.23. The Morgan fingerprint density at radius 1 is 1.29 bits per heavy atom. The van der Waals surface area contributed by atoms with E-state index in [-0.39, 0.29) is 23.6 Å². The summed E-state index contributed by atoms with van der Waals surface area (Å²) in [6.45, 7) is 1.72. The summed E-state index contributed by atoms with van der Waals surface area (Å²) in [5.74, 6) is -0.172. The molecule has 0 aromatic rings. The summed E-state index contributed by atoms with van der Waals surface area (Å²) in [6, 6.07) is -0.895. The van der Waals surface area contributed by atoms with Crippen LogP contribution in [0.4, 0.5) is 0 Å². The number of likely N-dealkylation sites (N-methyl/N-ethyl adjacent to an activating group) is 2. The standard InChI is InChI=1S/C8H17N3O2S/c1-5(9-2)7(12)11-6(4-14)8(13)10-3/h5-6,9,14H,4H2,1-3H3,(H,10,13)(H,11,12)/t5-,6-/m1/s1. The summed E-state index contributed by atoms with van der Waals surface area (Å²) in [5.41, 5.74) is 0. The van der Waals surface area contributed by atoms with Gasteiger partial charge in [-0.1, -0.05) is 0 Å². The summed E-state index contributed by atoms with van der Waals surface area (Å²) in [4.78, 5) is 22.6. The van der Waals surface area contributed by atoms with Gasteiger partial charge in [-0.2, -0.15) is 12.6 Å². The smallest absolute Gasteiger partial charge is 0.243 e. The number of thiol groups is 1. The van der Waals surface area contributed by atoms with E-state index in [1.807, 2.05) is 0 Å². The fraction of sp³-hybridized carbons (Fsp3) is 0.750. The number of amides is 2. The van der Waals surface area contributed by atoms with Crippen molar-refractivity contribution in [2.75, 3.05) is 19.8 Å². The van der Waals surface area contributed by atoms with Crippen LogP contribution in [0.5, 0.6) is 0 Å². The molecule has 14 heavy (non-hydrogen) atoms. The van der Waals surface area contributed by atoms with E-state index in [9.17, 15) is 9.59 Å². The number of nitrogens with one attached hydrogen (secondary N) is 3. The molecule has 0 aromatic carbocycles. The molecule has 3 N–H and O–H groups in total. The average molecular weight is 219 g/mol. The Morgan fingerprint density at radius 2 is 1.86 bits per heavy atom. The number of rotatable bonds is 5. The third kappa shape index (κ3) is 3.97. The molecule has 2 amide bonds. The van der Waals surface area contributed by atoms with Gasteiger partial charge in [0.15, 0.2) is 0 Å². The molecule has 0 saturated carbocycles. The first-order valence-electron chi connectivity index (χ1n) is 4.36. The predicted molar refractivity (Wildman–Crippen MR) is 58.4 cm³/mol. The molecule has 0 fully saturated rings. The molecular weight excluding hydrogens is 202 g/mol. The van der Waals surface area contributed by atoms with Crippen LogP contribution in [0.3, 0.4) is 0 Å². The van der Waals surface area contributed by atoms with Crippen molar-refractivity contribution in [2.24, 2.45) is 0 Å². The van der Waals surface area contributed by atoms with Crippen molar-refractivity contribution in [3.63, 3.8) is 0 Å². The molecule has 0 saturated heterocycles. The number of hydrogen-bond donors (Lipinski definition) is 4. The van der Waals surface area contributed by atoms with Crippen LogP contribution < -0.4 is 16.0 Å². The van der Waals surface area contributed by atoms with Gasteiger partial charge in [0.1, 0.15) is 6.04 Å². The molecule has 0 bridgehead atoms. The summed E-state index contributed by atoms with van der Waals surface area (Å²) in [6.07, 6.45) is 0. The quantitative estimate of drug-likeness (QED) is 0.437. The Morgan fingerprint density at radius 3 is 2.21 bits per heavy atom. The van der Waals surface area contributed by atoms with Gasteiger partial charge in [-0.15, -0.1) is 0 Å². The van der Waals surface area contributed by atoms with Gasteiger partial charge in [0.2, 0.25) is 11.8 Å². The van der Waals surface area contributed by atoms with Crippen LogP contribution >= 0.6 is 12.6 Å². The van der Waals surface area contributed by atoms with E-state index >= 15 is 0 Å². The average Bonchev–Trinajstić information content (AvgIpc) is 2.22. The zero-order chi connectivity index (χ0) is 11.1. The highest BCUT2D eigenvalue weighted by molar-refractivity contribution is 7.80. The zero-order valence-corrected chi connectivity index (χ0v) is 9.52. The Hall–Kier alpha value is -0.750. The lowest BCUT2D eigenvalue weighted by molar-refractivity contribution is -0.129. The molecule has 0 aromatic heterocycles. The fourth-order valence-corrected chi connectivity index (χ4v) is 1.05. The van der Waals surface area contributed by atoms with Gasteiger partial charge < -0.3 is 16.0 Å². The summed E-state index contributed by atoms with van der Waals surface area (Å²) in [7, 11) is 3.20. The minimum Gasteiger partial charge on any atom is -0.357 e. The number of carbonyl (C=O) groups is 2. The van der Waals surface area contributed by atoms with Crippen LogP contribution in [-0.2, 0) is 9.59 Å². The largest absolute Gasteiger partial charge is 0.357 e. The van der Waals surface area contributed by atoms with Crippen molar-refractivity contribution in [3.05, 3.63) is 0 Å². The van der Waals surface area contributed by atoms with Crippen molar-refractivity contribution >= 4 is 24.4 Å². The van der Waals surface area contributed by atoms with E-state index in [2.05, 4.69) is 28.6 Å². The third-order valence-electron chi connectivity index (χ3n) is 1.89. The molecule has 0 aliphatic carbocycles. The fourth-order valence-electron chi connectivity index (χ4n) is 0.796. The lowest BCUT2D eigenvalue weighted by Gasteiger charge is -2.17. The van der Waals surface area contributed by atoms with Crippen molar-refractivity contribution in [1.29, 1.82) is 0 Å². The first-order valence-corrected chi connectivity index (χ1v) is 5.00. The van der Waals surface area contributed by atoms with Gasteiger partial charge in [0.05, 0.1) is 6.04 Å². The number of carbonyl (C=O) groups excluding carboxylic acids is 2. The summed E-state index contributed by atoms with van der Waals surface area (Å²) in [5, 5.41) is 7.82. The molecule has 0 aliphatic heterocycles. The van der Waals surface area contributed by atoms with E-state index in [1.54, 1.807) is 14.0 Å². The van der Waals surface area contributed by atoms with Gasteiger partial charge in [-0.05, 0) is 14.0 Å². The highest BCUT2D eigenvalue weighted by Gasteiger charge is 2.20. The molecule has 0 unspecified atom stereocenters. The lowest BCUT2D eigenvalue weighted by atomic mass is 10.2. The van der Waals surface area contributed by atoms with Gasteiger partial charge in [0, 0.05) is 12.8 Å². The SMILES string of the molecule is CNC(=O)[C@@H](CS)NC(=O)[C@@H](C)NC. The van der Waals surface area contributed by atoms with E-state index in [4.69, 9.17) is 0 Å². The van der Waals surface area contributed by atoms with Crippen molar-refractivity contribution in [3.8, 4) is 0 Å². The van der Waals surface area contributed by atoms with Crippen molar-refractivity contribution in [2.45, 2.75) is 19.0 Å². The molecule has 2 atom stereocenters. The van der Waals surface area contributed by atoms with Crippen LogP contribution in [0.15, 0.2) is 0 Å². The van der Waals surface area contributed by atoms with Crippen molar-refractivity contribution < 1.29 is 9.59 Å². The molecule has 0 spiro atoms. The molecule has 0 aliphatic rings. The normalized spacial score (nSPS) is 14.3. The van der Waals surface area contributed by atoms with E-state index in [0.717, 1.165) is 0 Å². The monoisotopic (exact) mass is 219 g/mol. The first-order chi connectivity index (χ1) is 6.56. The van der Waals surface area contributed by atoms with Crippen LogP contribution in [0.2, 0.25) is 0 Å². The van der Waals surface area contributed by atoms with Gasteiger partial charge in [0.25, 0.3) is 0 Å². The minimum atomic E-state index is -0.577. The Bertz CT molecular complexity index is 211. The van der Waals surface area contributed by atoms with Gasteiger partial charge >= 0.3 is 0 Å². The molecule has 0 heterocycles. The van der Waals surface area contributed by atoms with Crippen LogP contribution in [0, 0.1) is 0 Å². The second-order valence-electron chi connectivity index (χ2n) is 2.87. The van der Waals surface area contributed by atoms with E-state index in [0.29, 0.717) is 0 Å². The molecule has 0 radical (unpaired) electrons. The maximum absolute atomic E-state index is 11.4. The third-order valence-corrected chi connectivity index (χ3v) is 2.25. The van der Waals surface area contributed by atoms with Gasteiger partial charge in [-0.3, -0.25) is 9.59 Å². The summed E-state index contributed by atoms with van der Waals surface area (Å²) >= 11 is 3.99. The molecular formula is C8H17N3O2S. The van der Waals surface area contributed by atoms with Crippen LogP contribution in [0.25, 0.3) is 0 Å². The maximum atomic E-state index is 11.4. The zero-order valence-electron chi connectivity index (χ0n) is 8.63. The molecule has 6 heteroatoms. The second kappa shape index (κ2) is 6.67. The Kier molecular flexibility index (Phi) is 6.31. The number of hydrogen-bond acceptors (Lipinski definition) is 4. The van der Waals surface area contributed by atoms with E-state index < -0.39 is 6.04 Å². The van der Waals surface area contributed by atoms with E-state index in [1.165, 1.54) is 7.05 Å². The van der Waals surface area contributed by atoms with Crippen molar-refractivity contribution in [1.82, 2.24) is 16.0 Å². The Balaban J connectivity index is 4.18. The molecule has 5 nitrogen and oxygen atoms in total. The molecule has 0 rings (SSSR count). The lowest BCUT2D eigenvalue weighted by Crippen LogP contribution is -2.51. The molecule has 82 valence electrons. The predicted octanol–water partition coefficient (Wildman–Crippen LogP) is -1.25. The van der Waals surface area contributed by atoms with Crippen LogP contribution in [0.1, 0.15) is 6.92 Å². The Labute approximate surface area is 89.4 Å². The van der Waals surface area contributed by atoms with Crippen LogP contribution in [-0.4, -0.2) is 43.7 Å². The van der Waals surface area contributed by atoms with Gasteiger partial charge in [-0.25, -0.2) is 0 Å². The first kappa shape index (κ1) is 13.2. The minimum absolute atomic E-state index is 0.213.